The molecule has 0 bridgehead atoms. The van der Waals surface area contributed by atoms with Crippen molar-refractivity contribution in [3.63, 3.8) is 0 Å². The van der Waals surface area contributed by atoms with E-state index in [4.69, 9.17) is 5.11 Å². The van der Waals surface area contributed by atoms with Gasteiger partial charge in [0.05, 0.1) is 0 Å². The number of carbonyl (C=O) groups is 2. The van der Waals surface area contributed by atoms with Crippen LogP contribution in [0.3, 0.4) is 0 Å². The summed E-state index contributed by atoms with van der Waals surface area (Å²) in [5.74, 6) is -0.380. The number of amides is 1. The maximum atomic E-state index is 12.1. The minimum absolute atomic E-state index is 0.0132. The fraction of sp³-hybridized carbons (Fsp3) is 0.667. The van der Waals surface area contributed by atoms with Gasteiger partial charge in [0.15, 0.2) is 0 Å². The number of carbonyl (C=O) groups excluding carboxylic acids is 1. The summed E-state index contributed by atoms with van der Waals surface area (Å²) in [5, 5.41) is 8.80. The third-order valence-electron chi connectivity index (χ3n) is 3.17. The van der Waals surface area contributed by atoms with Gasteiger partial charge in [0.1, 0.15) is 6.54 Å². The monoisotopic (exact) mass is 223 g/mol. The van der Waals surface area contributed by atoms with Crippen LogP contribution in [-0.2, 0) is 9.59 Å². The first-order valence-corrected chi connectivity index (χ1v) is 5.82. The number of carboxylic acids is 1. The quantitative estimate of drug-likeness (QED) is 0.714. The molecule has 0 aromatic carbocycles. The lowest BCUT2D eigenvalue weighted by Gasteiger charge is -2.23. The van der Waals surface area contributed by atoms with Crippen LogP contribution in [0.1, 0.15) is 25.7 Å². The first kappa shape index (κ1) is 11.2. The average molecular weight is 223 g/mol. The van der Waals surface area contributed by atoms with E-state index in [0.29, 0.717) is 12.5 Å². The second-order valence-corrected chi connectivity index (χ2v) is 4.70. The molecular weight excluding hydrogens is 206 g/mol. The van der Waals surface area contributed by atoms with Crippen LogP contribution in [0.15, 0.2) is 12.2 Å². The first-order valence-electron chi connectivity index (χ1n) is 5.82. The predicted molar refractivity (Wildman–Crippen MR) is 58.8 cm³/mol. The van der Waals surface area contributed by atoms with E-state index in [9.17, 15) is 9.59 Å². The van der Waals surface area contributed by atoms with Crippen LogP contribution in [0.4, 0.5) is 0 Å². The topological polar surface area (TPSA) is 57.6 Å². The zero-order valence-corrected chi connectivity index (χ0v) is 9.26. The van der Waals surface area contributed by atoms with Crippen molar-refractivity contribution in [3.8, 4) is 0 Å². The first-order chi connectivity index (χ1) is 7.66. The van der Waals surface area contributed by atoms with Crippen LogP contribution in [-0.4, -0.2) is 35.0 Å². The van der Waals surface area contributed by atoms with E-state index in [1.807, 2.05) is 12.2 Å². The highest BCUT2D eigenvalue weighted by Gasteiger charge is 2.31. The van der Waals surface area contributed by atoms with Gasteiger partial charge in [0.2, 0.25) is 5.91 Å². The zero-order chi connectivity index (χ0) is 11.5. The van der Waals surface area contributed by atoms with Crippen molar-refractivity contribution >= 4 is 11.9 Å². The summed E-state index contributed by atoms with van der Waals surface area (Å²) >= 11 is 0. The Kier molecular flexibility index (Phi) is 3.27. The van der Waals surface area contributed by atoms with Crippen LogP contribution in [0.25, 0.3) is 0 Å². The molecule has 88 valence electrons. The Labute approximate surface area is 94.9 Å². The molecule has 1 fully saturated rings. The lowest BCUT2D eigenvalue weighted by Crippen LogP contribution is -2.40. The third kappa shape index (κ3) is 2.84. The van der Waals surface area contributed by atoms with E-state index in [2.05, 4.69) is 0 Å². The molecule has 0 aromatic heterocycles. The zero-order valence-electron chi connectivity index (χ0n) is 9.26. The molecule has 0 aliphatic heterocycles. The normalized spacial score (nSPS) is 20.0. The molecule has 2 rings (SSSR count). The van der Waals surface area contributed by atoms with Gasteiger partial charge in [0.25, 0.3) is 0 Å². The van der Waals surface area contributed by atoms with Gasteiger partial charge in [-0.15, -0.1) is 0 Å². The van der Waals surface area contributed by atoms with Gasteiger partial charge in [-0.25, -0.2) is 0 Å². The number of hydrogen-bond acceptors (Lipinski definition) is 2. The fourth-order valence-corrected chi connectivity index (χ4v) is 2.08. The minimum Gasteiger partial charge on any atom is -0.480 e. The largest absolute Gasteiger partial charge is 0.480 e. The number of hydrogen-bond donors (Lipinski definition) is 1. The molecule has 4 nitrogen and oxygen atoms in total. The Morgan fingerprint density at radius 2 is 1.88 bits per heavy atom. The van der Waals surface area contributed by atoms with Crippen molar-refractivity contribution in [2.24, 2.45) is 11.8 Å². The Hall–Kier alpha value is -1.32. The van der Waals surface area contributed by atoms with E-state index < -0.39 is 5.97 Å². The minimum atomic E-state index is -0.917. The van der Waals surface area contributed by atoms with Gasteiger partial charge in [-0.1, -0.05) is 12.2 Å². The molecule has 0 spiro atoms. The SMILES string of the molecule is O=C(O)CN(CC1CC1)C(=O)C1CC=CC1. The van der Waals surface area contributed by atoms with Gasteiger partial charge in [-0.3, -0.25) is 9.59 Å². The van der Waals surface area contributed by atoms with E-state index in [1.165, 1.54) is 4.90 Å². The molecule has 0 radical (unpaired) electrons. The number of aliphatic carboxylic acids is 1. The Bertz CT molecular complexity index is 312. The van der Waals surface area contributed by atoms with Crippen molar-refractivity contribution < 1.29 is 14.7 Å². The Morgan fingerprint density at radius 3 is 2.38 bits per heavy atom. The lowest BCUT2D eigenvalue weighted by atomic mass is 10.1. The summed E-state index contributed by atoms with van der Waals surface area (Å²) in [4.78, 5) is 24.3. The van der Waals surface area contributed by atoms with Gasteiger partial charge in [-0.2, -0.15) is 0 Å². The average Bonchev–Trinajstić information content (AvgIpc) is 2.88. The van der Waals surface area contributed by atoms with Crippen molar-refractivity contribution in [3.05, 3.63) is 12.2 Å². The van der Waals surface area contributed by atoms with E-state index >= 15 is 0 Å². The van der Waals surface area contributed by atoms with Crippen molar-refractivity contribution in [2.75, 3.05) is 13.1 Å². The van der Waals surface area contributed by atoms with Crippen molar-refractivity contribution in [1.82, 2.24) is 4.90 Å². The molecule has 0 heterocycles. The highest BCUT2D eigenvalue weighted by molar-refractivity contribution is 5.83. The number of carboxylic acid groups (broad SMARTS) is 1. The molecule has 0 aromatic rings. The van der Waals surface area contributed by atoms with Crippen LogP contribution in [0.2, 0.25) is 0 Å². The highest BCUT2D eigenvalue weighted by Crippen LogP contribution is 2.31. The van der Waals surface area contributed by atoms with Crippen LogP contribution >= 0.6 is 0 Å². The van der Waals surface area contributed by atoms with E-state index in [0.717, 1.165) is 25.7 Å². The Morgan fingerprint density at radius 1 is 1.25 bits per heavy atom. The standard InChI is InChI=1S/C12H17NO3/c14-11(15)8-13(7-9-5-6-9)12(16)10-3-1-2-4-10/h1-2,9-10H,3-8H2,(H,14,15). The number of rotatable bonds is 5. The summed E-state index contributed by atoms with van der Waals surface area (Å²) in [5.41, 5.74) is 0. The molecule has 16 heavy (non-hydrogen) atoms. The molecule has 2 aliphatic carbocycles. The van der Waals surface area contributed by atoms with Gasteiger partial charge >= 0.3 is 5.97 Å². The third-order valence-corrected chi connectivity index (χ3v) is 3.17. The second-order valence-electron chi connectivity index (χ2n) is 4.70. The van der Waals surface area contributed by atoms with Gasteiger partial charge in [0, 0.05) is 12.5 Å². The summed E-state index contributed by atoms with van der Waals surface area (Å²) < 4.78 is 0. The molecule has 1 saturated carbocycles. The summed E-state index contributed by atoms with van der Waals surface area (Å²) in [7, 11) is 0. The molecule has 1 N–H and O–H groups in total. The predicted octanol–water partition coefficient (Wildman–Crippen LogP) is 1.28. The summed E-state index contributed by atoms with van der Waals surface area (Å²) in [6.07, 6.45) is 7.79. The molecule has 0 unspecified atom stereocenters. The fourth-order valence-electron chi connectivity index (χ4n) is 2.08. The second kappa shape index (κ2) is 4.68. The Balaban J connectivity index is 1.92. The van der Waals surface area contributed by atoms with Crippen LogP contribution < -0.4 is 0 Å². The molecule has 0 saturated heterocycles. The van der Waals surface area contributed by atoms with Gasteiger partial charge in [-0.05, 0) is 31.6 Å². The summed E-state index contributed by atoms with van der Waals surface area (Å²) in [6, 6.07) is 0. The highest BCUT2D eigenvalue weighted by atomic mass is 16.4. The smallest absolute Gasteiger partial charge is 0.323 e. The molecule has 1 amide bonds. The van der Waals surface area contributed by atoms with Crippen LogP contribution in [0, 0.1) is 11.8 Å². The molecule has 2 aliphatic rings. The maximum absolute atomic E-state index is 12.1. The molecule has 4 heteroatoms. The van der Waals surface area contributed by atoms with E-state index in [-0.39, 0.29) is 18.4 Å². The van der Waals surface area contributed by atoms with Crippen LogP contribution in [0.5, 0.6) is 0 Å². The van der Waals surface area contributed by atoms with Gasteiger partial charge < -0.3 is 10.0 Å². The number of nitrogens with zero attached hydrogens (tertiary/aromatic N) is 1. The van der Waals surface area contributed by atoms with Crippen molar-refractivity contribution in [1.29, 1.82) is 0 Å². The maximum Gasteiger partial charge on any atom is 0.323 e. The molecular formula is C12H17NO3. The number of allylic oxidation sites excluding steroid dienone is 2. The summed E-state index contributed by atoms with van der Waals surface area (Å²) in [6.45, 7) is 0.480. The molecule has 0 atom stereocenters. The lowest BCUT2D eigenvalue weighted by molar-refractivity contribution is -0.146. The van der Waals surface area contributed by atoms with E-state index in [1.54, 1.807) is 0 Å². The van der Waals surface area contributed by atoms with Crippen molar-refractivity contribution in [2.45, 2.75) is 25.7 Å².